The molecule has 0 aromatic carbocycles. The highest BCUT2D eigenvalue weighted by Gasteiger charge is 2.14. The molecule has 0 aliphatic carbocycles. The second-order valence-electron chi connectivity index (χ2n) is 6.36. The Bertz CT molecular complexity index is 773. The van der Waals surface area contributed by atoms with Crippen molar-refractivity contribution >= 4 is 5.91 Å². The third-order valence-electron chi connectivity index (χ3n) is 4.32. The van der Waals surface area contributed by atoms with Gasteiger partial charge in [0, 0.05) is 48.2 Å². The molecule has 2 aromatic heterocycles. The molecule has 2 aromatic rings. The van der Waals surface area contributed by atoms with Crippen LogP contribution in [0.3, 0.4) is 0 Å². The molecule has 26 heavy (non-hydrogen) atoms. The van der Waals surface area contributed by atoms with Gasteiger partial charge in [-0.05, 0) is 31.9 Å². The number of aryl methyl sites for hydroxylation is 1. The second kappa shape index (κ2) is 9.82. The van der Waals surface area contributed by atoms with Crippen LogP contribution in [-0.2, 0) is 11.2 Å². The lowest BCUT2D eigenvalue weighted by atomic mass is 10.1. The van der Waals surface area contributed by atoms with E-state index >= 15 is 0 Å². The van der Waals surface area contributed by atoms with Crippen LogP contribution < -0.4 is 16.6 Å². The molecule has 1 unspecified atom stereocenters. The number of hydrogen-bond acceptors (Lipinski definition) is 5. The smallest absolute Gasteiger partial charge is 0.254 e. The SMILES string of the molecule is CCCCC(CN)NC(=O)CCc1c(C)nc(-c2cccnc2)[nH]c1=O. The Morgan fingerprint density at radius 3 is 2.85 bits per heavy atom. The molecular formula is C19H27N5O2. The summed E-state index contributed by atoms with van der Waals surface area (Å²) in [6.45, 7) is 4.31. The average molecular weight is 357 g/mol. The van der Waals surface area contributed by atoms with Crippen molar-refractivity contribution in [3.63, 3.8) is 0 Å². The molecule has 1 amide bonds. The molecule has 4 N–H and O–H groups in total. The number of amides is 1. The van der Waals surface area contributed by atoms with Crippen LogP contribution >= 0.6 is 0 Å². The zero-order valence-corrected chi connectivity index (χ0v) is 15.4. The quantitative estimate of drug-likeness (QED) is 0.632. The molecule has 0 aliphatic rings. The fourth-order valence-corrected chi connectivity index (χ4v) is 2.78. The van der Waals surface area contributed by atoms with Crippen LogP contribution in [0.4, 0.5) is 0 Å². The van der Waals surface area contributed by atoms with E-state index in [2.05, 4.69) is 27.2 Å². The van der Waals surface area contributed by atoms with Crippen LogP contribution in [0.5, 0.6) is 0 Å². The summed E-state index contributed by atoms with van der Waals surface area (Å²) >= 11 is 0. The monoisotopic (exact) mass is 357 g/mol. The number of aromatic nitrogens is 3. The standard InChI is InChI=1S/C19H27N5O2/c1-3-4-7-15(11-20)23-17(25)9-8-16-13(2)22-18(24-19(16)26)14-6-5-10-21-12-14/h5-6,10,12,15H,3-4,7-9,11,20H2,1-2H3,(H,23,25)(H,22,24,26). The van der Waals surface area contributed by atoms with Gasteiger partial charge in [-0.1, -0.05) is 19.8 Å². The summed E-state index contributed by atoms with van der Waals surface area (Å²) < 4.78 is 0. The van der Waals surface area contributed by atoms with Crippen LogP contribution in [-0.4, -0.2) is 33.4 Å². The van der Waals surface area contributed by atoms with Gasteiger partial charge in [-0.2, -0.15) is 0 Å². The zero-order valence-electron chi connectivity index (χ0n) is 15.4. The van der Waals surface area contributed by atoms with Crippen molar-refractivity contribution in [1.29, 1.82) is 0 Å². The average Bonchev–Trinajstić information content (AvgIpc) is 2.65. The van der Waals surface area contributed by atoms with Crippen molar-refractivity contribution in [1.82, 2.24) is 20.3 Å². The number of unbranched alkanes of at least 4 members (excludes halogenated alkanes) is 1. The lowest BCUT2D eigenvalue weighted by molar-refractivity contribution is -0.121. The Kier molecular flexibility index (Phi) is 7.47. The van der Waals surface area contributed by atoms with Gasteiger partial charge in [0.2, 0.25) is 5.91 Å². The lowest BCUT2D eigenvalue weighted by Crippen LogP contribution is -2.40. The third kappa shape index (κ3) is 5.49. The number of nitrogens with one attached hydrogen (secondary N) is 2. The molecule has 0 fully saturated rings. The molecule has 0 radical (unpaired) electrons. The van der Waals surface area contributed by atoms with Gasteiger partial charge in [0.1, 0.15) is 5.82 Å². The van der Waals surface area contributed by atoms with Gasteiger partial charge in [0.15, 0.2) is 0 Å². The van der Waals surface area contributed by atoms with E-state index in [0.717, 1.165) is 24.8 Å². The summed E-state index contributed by atoms with van der Waals surface area (Å²) in [5.74, 6) is 0.392. The molecule has 0 aliphatic heterocycles. The number of carbonyl (C=O) groups excluding carboxylic acids is 1. The van der Waals surface area contributed by atoms with Crippen molar-refractivity contribution in [2.24, 2.45) is 5.73 Å². The fourth-order valence-electron chi connectivity index (χ4n) is 2.78. The number of nitrogens with two attached hydrogens (primary N) is 1. The maximum absolute atomic E-state index is 12.4. The molecular weight excluding hydrogens is 330 g/mol. The van der Waals surface area contributed by atoms with Crippen LogP contribution in [0, 0.1) is 6.92 Å². The number of carbonyl (C=O) groups is 1. The highest BCUT2D eigenvalue weighted by molar-refractivity contribution is 5.76. The largest absolute Gasteiger partial charge is 0.352 e. The van der Waals surface area contributed by atoms with Gasteiger partial charge < -0.3 is 16.0 Å². The number of nitrogens with zero attached hydrogens (tertiary/aromatic N) is 2. The highest BCUT2D eigenvalue weighted by Crippen LogP contribution is 2.13. The summed E-state index contributed by atoms with van der Waals surface area (Å²) in [4.78, 5) is 35.8. The Labute approximate surface area is 153 Å². The van der Waals surface area contributed by atoms with Crippen molar-refractivity contribution in [3.05, 3.63) is 46.1 Å². The lowest BCUT2D eigenvalue weighted by Gasteiger charge is -2.16. The Balaban J connectivity index is 2.01. The first kappa shape index (κ1) is 19.8. The van der Waals surface area contributed by atoms with E-state index in [1.807, 2.05) is 6.07 Å². The maximum atomic E-state index is 12.4. The van der Waals surface area contributed by atoms with Gasteiger partial charge in [-0.25, -0.2) is 4.98 Å². The molecule has 7 nitrogen and oxygen atoms in total. The third-order valence-corrected chi connectivity index (χ3v) is 4.32. The fraction of sp³-hybridized carbons (Fsp3) is 0.474. The van der Waals surface area contributed by atoms with E-state index in [4.69, 9.17) is 5.73 Å². The summed E-state index contributed by atoms with van der Waals surface area (Å²) in [5, 5.41) is 2.94. The van der Waals surface area contributed by atoms with Crippen LogP contribution in [0.25, 0.3) is 11.4 Å². The summed E-state index contributed by atoms with van der Waals surface area (Å²) in [7, 11) is 0. The van der Waals surface area contributed by atoms with Crippen LogP contribution in [0.15, 0.2) is 29.3 Å². The minimum Gasteiger partial charge on any atom is -0.352 e. The van der Waals surface area contributed by atoms with E-state index in [9.17, 15) is 9.59 Å². The van der Waals surface area contributed by atoms with E-state index in [1.165, 1.54) is 0 Å². The van der Waals surface area contributed by atoms with E-state index in [-0.39, 0.29) is 23.9 Å². The Morgan fingerprint density at radius 1 is 1.42 bits per heavy atom. The topological polar surface area (TPSA) is 114 Å². The van der Waals surface area contributed by atoms with E-state index < -0.39 is 0 Å². The first-order valence-corrected chi connectivity index (χ1v) is 9.04. The summed E-state index contributed by atoms with van der Waals surface area (Å²) in [6, 6.07) is 3.61. The normalized spacial score (nSPS) is 12.0. The molecule has 1 atom stereocenters. The molecule has 140 valence electrons. The minimum atomic E-state index is -0.217. The molecule has 2 rings (SSSR count). The van der Waals surface area contributed by atoms with E-state index in [1.54, 1.807) is 25.4 Å². The summed E-state index contributed by atoms with van der Waals surface area (Å²) in [6.07, 6.45) is 6.86. The zero-order chi connectivity index (χ0) is 18.9. The second-order valence-corrected chi connectivity index (χ2v) is 6.36. The molecule has 0 saturated heterocycles. The Hall–Kier alpha value is -2.54. The van der Waals surface area contributed by atoms with Gasteiger partial charge >= 0.3 is 0 Å². The molecule has 0 spiro atoms. The van der Waals surface area contributed by atoms with Crippen molar-refractivity contribution in [3.8, 4) is 11.4 Å². The van der Waals surface area contributed by atoms with Crippen molar-refractivity contribution in [2.45, 2.75) is 52.0 Å². The molecule has 7 heteroatoms. The number of hydrogen-bond donors (Lipinski definition) is 3. The van der Waals surface area contributed by atoms with Crippen LogP contribution in [0.1, 0.15) is 43.9 Å². The minimum absolute atomic E-state index is 0.00656. The van der Waals surface area contributed by atoms with Crippen molar-refractivity contribution in [2.75, 3.05) is 6.54 Å². The molecule has 0 saturated carbocycles. The predicted octanol–water partition coefficient (Wildman–Crippen LogP) is 1.71. The highest BCUT2D eigenvalue weighted by atomic mass is 16.1. The Morgan fingerprint density at radius 2 is 2.23 bits per heavy atom. The molecule has 2 heterocycles. The maximum Gasteiger partial charge on any atom is 0.254 e. The van der Waals surface area contributed by atoms with Gasteiger partial charge in [0.05, 0.1) is 0 Å². The predicted molar refractivity (Wildman–Crippen MR) is 102 cm³/mol. The number of pyridine rings is 1. The van der Waals surface area contributed by atoms with Gasteiger partial charge in [-0.3, -0.25) is 14.6 Å². The van der Waals surface area contributed by atoms with Crippen molar-refractivity contribution < 1.29 is 4.79 Å². The van der Waals surface area contributed by atoms with E-state index in [0.29, 0.717) is 30.0 Å². The number of H-pyrrole nitrogens is 1. The molecule has 0 bridgehead atoms. The van der Waals surface area contributed by atoms with Crippen LogP contribution in [0.2, 0.25) is 0 Å². The summed E-state index contributed by atoms with van der Waals surface area (Å²) in [5.41, 5.74) is 7.40. The first-order valence-electron chi connectivity index (χ1n) is 9.04. The number of aromatic amines is 1. The first-order chi connectivity index (χ1) is 12.5. The van der Waals surface area contributed by atoms with Gasteiger partial charge in [0.25, 0.3) is 5.56 Å². The number of rotatable bonds is 9. The van der Waals surface area contributed by atoms with Gasteiger partial charge in [-0.15, -0.1) is 0 Å².